The van der Waals surface area contributed by atoms with Crippen LogP contribution in [0, 0.1) is 55.1 Å². The average Bonchev–Trinajstić information content (AvgIpc) is 3.09. The molecule has 0 aliphatic rings. The van der Waals surface area contributed by atoms with Crippen LogP contribution in [0.25, 0.3) is 0 Å². The van der Waals surface area contributed by atoms with E-state index in [1.807, 2.05) is 0 Å². The number of nitro groups is 2. The zero-order valence-corrected chi connectivity index (χ0v) is 27.7. The second-order valence-electron chi connectivity index (χ2n) is 9.46. The minimum atomic E-state index is -1.58. The highest BCUT2D eigenvalue weighted by Gasteiger charge is 2.35. The molecule has 0 atom stereocenters. The lowest BCUT2D eigenvalue weighted by Crippen LogP contribution is -2.35. The summed E-state index contributed by atoms with van der Waals surface area (Å²) >= 11 is 4.69. The van der Waals surface area contributed by atoms with Crippen molar-refractivity contribution in [2.45, 2.75) is 13.8 Å². The molecule has 4 aromatic rings. The van der Waals surface area contributed by atoms with Crippen LogP contribution in [0.1, 0.15) is 13.8 Å². The number of para-hydroxylation sites is 2. The number of carbonyl (C=O) groups is 4. The van der Waals surface area contributed by atoms with Crippen LogP contribution in [-0.2, 0) is 28.7 Å². The number of halogens is 7. The second-order valence-corrected chi connectivity index (χ2v) is 9.80. The summed E-state index contributed by atoms with van der Waals surface area (Å²) in [7, 11) is 0. The number of rotatable bonds is 9. The van der Waals surface area contributed by atoms with Crippen LogP contribution in [0.4, 0.5) is 60.5 Å². The number of hydrogen-bond donors (Lipinski definition) is 1. The lowest BCUT2D eigenvalue weighted by molar-refractivity contribution is -0.384. The van der Waals surface area contributed by atoms with Gasteiger partial charge < -0.3 is 14.8 Å². The molecule has 0 spiro atoms. The van der Waals surface area contributed by atoms with Crippen molar-refractivity contribution in [3.05, 3.63) is 128 Å². The van der Waals surface area contributed by atoms with Crippen LogP contribution in [0.3, 0.4) is 0 Å². The van der Waals surface area contributed by atoms with Crippen molar-refractivity contribution < 1.29 is 64.8 Å². The summed E-state index contributed by atoms with van der Waals surface area (Å²) in [6.07, 6.45) is 0. The Balaban J connectivity index is 0.000000314. The van der Waals surface area contributed by atoms with Gasteiger partial charge in [-0.1, -0.05) is 12.1 Å². The molecule has 14 nitrogen and oxygen atoms in total. The van der Waals surface area contributed by atoms with Gasteiger partial charge >= 0.3 is 23.1 Å². The van der Waals surface area contributed by atoms with E-state index in [2.05, 4.69) is 14.8 Å². The van der Waals surface area contributed by atoms with Crippen LogP contribution in [0.5, 0.6) is 0 Å². The van der Waals surface area contributed by atoms with Gasteiger partial charge in [-0.2, -0.15) is 0 Å². The summed E-state index contributed by atoms with van der Waals surface area (Å²) < 4.78 is 90.1. The standard InChI is InChI=1S/C16H11F3N2O5.C12H7F3N2O2.C4H5ClO3/c1-2-26-16(23)15(22)20(14-10(18)4-3-5-11(14)19)12-7-6-9(17)8-13(12)21(24)25;13-7-4-5-10(11(6-7)17(18)19)16-12-8(14)2-1-3-9(12)15;1-2-8-4(7)3(5)6/h3-8H,2H2,1H3;1-6,16H;2H2,1H3. The Hall–Kier alpha value is -6.57. The number of nitro benzene ring substituents is 2. The van der Waals surface area contributed by atoms with Crippen LogP contribution >= 0.6 is 11.6 Å². The average molecular weight is 773 g/mol. The minimum Gasteiger partial charge on any atom is -0.459 e. The van der Waals surface area contributed by atoms with Crippen molar-refractivity contribution in [3.8, 4) is 0 Å². The first kappa shape index (κ1) is 42.6. The molecule has 1 amide bonds. The number of benzene rings is 4. The zero-order valence-electron chi connectivity index (χ0n) is 26.9. The molecule has 0 unspecified atom stereocenters. The molecule has 4 rings (SSSR count). The molecule has 0 heterocycles. The third kappa shape index (κ3) is 11.7. The van der Waals surface area contributed by atoms with Gasteiger partial charge in [-0.05, 0) is 74.0 Å². The Morgan fingerprint density at radius 2 is 1.15 bits per heavy atom. The molecule has 53 heavy (non-hydrogen) atoms. The predicted octanol–water partition coefficient (Wildman–Crippen LogP) is 7.31. The van der Waals surface area contributed by atoms with Gasteiger partial charge in [0.25, 0.3) is 11.4 Å². The number of anilines is 4. The normalized spacial score (nSPS) is 9.98. The topological polar surface area (TPSA) is 188 Å². The van der Waals surface area contributed by atoms with E-state index >= 15 is 0 Å². The summed E-state index contributed by atoms with van der Waals surface area (Å²) in [4.78, 5) is 64.3. The minimum absolute atomic E-state index is 0.153. The molecule has 0 radical (unpaired) electrons. The summed E-state index contributed by atoms with van der Waals surface area (Å²) in [6.45, 7) is 2.94. The first-order valence-electron chi connectivity index (χ1n) is 14.4. The fourth-order valence-corrected chi connectivity index (χ4v) is 3.91. The van der Waals surface area contributed by atoms with Crippen LogP contribution in [0.15, 0.2) is 72.8 Å². The molecule has 0 aromatic heterocycles. The van der Waals surface area contributed by atoms with E-state index in [4.69, 9.17) is 11.6 Å². The van der Waals surface area contributed by atoms with Gasteiger partial charge in [0.1, 0.15) is 57.7 Å². The summed E-state index contributed by atoms with van der Waals surface area (Å²) in [5.41, 5.74) is -4.03. The molecule has 0 saturated heterocycles. The Morgan fingerprint density at radius 1 is 0.698 bits per heavy atom. The predicted molar refractivity (Wildman–Crippen MR) is 173 cm³/mol. The molecule has 0 aliphatic heterocycles. The van der Waals surface area contributed by atoms with E-state index in [0.717, 1.165) is 60.7 Å². The number of hydrogen-bond acceptors (Lipinski definition) is 11. The molecule has 0 bridgehead atoms. The van der Waals surface area contributed by atoms with E-state index in [-0.39, 0.29) is 23.8 Å². The summed E-state index contributed by atoms with van der Waals surface area (Å²) in [5, 5.41) is 23.1. The van der Waals surface area contributed by atoms with Crippen molar-refractivity contribution >= 4 is 68.8 Å². The Kier molecular flexibility index (Phi) is 15.9. The Bertz CT molecular complexity index is 2000. The summed E-state index contributed by atoms with van der Waals surface area (Å²) in [6, 6.07) is 10.4. The zero-order chi connectivity index (χ0) is 40.0. The van der Waals surface area contributed by atoms with Crippen LogP contribution in [-0.4, -0.2) is 46.1 Å². The molecule has 280 valence electrons. The van der Waals surface area contributed by atoms with Gasteiger partial charge in [-0.3, -0.25) is 34.7 Å². The highest BCUT2D eigenvalue weighted by atomic mass is 35.5. The molecule has 0 fully saturated rings. The third-order valence-corrected chi connectivity index (χ3v) is 6.16. The maximum absolute atomic E-state index is 14.2. The molecule has 4 aromatic carbocycles. The third-order valence-electron chi connectivity index (χ3n) is 6.00. The van der Waals surface area contributed by atoms with E-state index < -0.39 is 96.3 Å². The fourth-order valence-electron chi connectivity index (χ4n) is 3.85. The van der Waals surface area contributed by atoms with Gasteiger partial charge in [0.05, 0.1) is 35.2 Å². The second kappa shape index (κ2) is 19.7. The van der Waals surface area contributed by atoms with E-state index in [1.54, 1.807) is 6.92 Å². The van der Waals surface area contributed by atoms with Crippen molar-refractivity contribution in [2.24, 2.45) is 0 Å². The number of amides is 1. The fraction of sp³-hybridized carbons (Fsp3) is 0.125. The number of ether oxygens (including phenoxy) is 2. The first-order chi connectivity index (χ1) is 24.9. The maximum atomic E-state index is 14.2. The van der Waals surface area contributed by atoms with E-state index in [0.29, 0.717) is 12.1 Å². The molecule has 0 saturated carbocycles. The number of nitrogens with one attached hydrogen (secondary N) is 1. The van der Waals surface area contributed by atoms with Gasteiger partial charge in [-0.25, -0.2) is 35.9 Å². The smallest absolute Gasteiger partial charge is 0.397 e. The van der Waals surface area contributed by atoms with E-state index in [9.17, 15) is 65.7 Å². The Morgan fingerprint density at radius 3 is 1.60 bits per heavy atom. The van der Waals surface area contributed by atoms with Gasteiger partial charge in [-0.15, -0.1) is 0 Å². The molecular weight excluding hydrogens is 750 g/mol. The van der Waals surface area contributed by atoms with Crippen molar-refractivity contribution in [1.29, 1.82) is 0 Å². The molecular formula is C32H23ClF6N4O10. The van der Waals surface area contributed by atoms with Gasteiger partial charge in [0, 0.05) is 0 Å². The van der Waals surface area contributed by atoms with Gasteiger partial charge in [0.2, 0.25) is 0 Å². The molecule has 0 aliphatic carbocycles. The van der Waals surface area contributed by atoms with Gasteiger partial charge in [0.15, 0.2) is 0 Å². The van der Waals surface area contributed by atoms with Crippen molar-refractivity contribution in [3.63, 3.8) is 0 Å². The lowest BCUT2D eigenvalue weighted by Gasteiger charge is -2.22. The molecule has 21 heteroatoms. The summed E-state index contributed by atoms with van der Waals surface area (Å²) in [5.74, 6) is -10.2. The maximum Gasteiger partial charge on any atom is 0.397 e. The highest BCUT2D eigenvalue weighted by molar-refractivity contribution is 6.80. The van der Waals surface area contributed by atoms with Crippen LogP contribution < -0.4 is 10.2 Å². The number of nitrogens with zero attached hydrogens (tertiary/aromatic N) is 3. The quantitative estimate of drug-likeness (QED) is 0.0449. The Labute approximate surface area is 298 Å². The first-order valence-corrected chi connectivity index (χ1v) is 14.7. The van der Waals surface area contributed by atoms with Crippen molar-refractivity contribution in [2.75, 3.05) is 23.4 Å². The number of esters is 2. The highest BCUT2D eigenvalue weighted by Crippen LogP contribution is 2.37. The lowest BCUT2D eigenvalue weighted by atomic mass is 10.2. The molecule has 1 N–H and O–H groups in total. The SMILES string of the molecule is CCOC(=O)C(=O)Cl.CCOC(=O)C(=O)N(c1ccc(F)cc1[N+](=O)[O-])c1c(F)cccc1F.O=[N+]([O-])c1cc(F)ccc1Nc1c(F)cccc1F. The van der Waals surface area contributed by atoms with Crippen molar-refractivity contribution in [1.82, 2.24) is 0 Å². The largest absolute Gasteiger partial charge is 0.459 e. The number of carbonyl (C=O) groups excluding carboxylic acids is 4. The van der Waals surface area contributed by atoms with Crippen LogP contribution in [0.2, 0.25) is 0 Å². The van der Waals surface area contributed by atoms with E-state index in [1.165, 1.54) is 6.92 Å². The monoisotopic (exact) mass is 772 g/mol.